The van der Waals surface area contributed by atoms with Crippen LogP contribution in [0.3, 0.4) is 0 Å². The van der Waals surface area contributed by atoms with Crippen LogP contribution in [0.1, 0.15) is 12.5 Å². The number of rotatable bonds is 6. The number of benzene rings is 1. The van der Waals surface area contributed by atoms with E-state index in [2.05, 4.69) is 0 Å². The molecule has 0 saturated heterocycles. The highest BCUT2D eigenvalue weighted by molar-refractivity contribution is 6.25. The van der Waals surface area contributed by atoms with Crippen molar-refractivity contribution in [3.05, 3.63) is 35.6 Å². The molecule has 1 aliphatic heterocycles. The van der Waals surface area contributed by atoms with Crippen molar-refractivity contribution in [3.63, 3.8) is 0 Å². The zero-order valence-corrected chi connectivity index (χ0v) is 14.3. The van der Waals surface area contributed by atoms with Gasteiger partial charge < -0.3 is 18.9 Å². The summed E-state index contributed by atoms with van der Waals surface area (Å²) >= 11 is 0. The third-order valence-electron chi connectivity index (χ3n) is 3.54. The zero-order chi connectivity index (χ0) is 18.6. The number of ketones is 2. The number of cyclic esters (lactones) is 1. The van der Waals surface area contributed by atoms with Gasteiger partial charge in [0, 0.05) is 6.08 Å². The molecule has 1 unspecified atom stereocenters. The summed E-state index contributed by atoms with van der Waals surface area (Å²) in [6.07, 6.45) is 3.74. The van der Waals surface area contributed by atoms with Gasteiger partial charge in [-0.15, -0.1) is 0 Å². The number of methoxy groups -OCH3 is 3. The fraction of sp³-hybridized carbons (Fsp3) is 0.278. The van der Waals surface area contributed by atoms with E-state index in [1.807, 2.05) is 0 Å². The van der Waals surface area contributed by atoms with Gasteiger partial charge in [-0.1, -0.05) is 6.08 Å². The van der Waals surface area contributed by atoms with Gasteiger partial charge in [0.25, 0.3) is 0 Å². The molecule has 1 aromatic carbocycles. The first-order valence-electron chi connectivity index (χ1n) is 7.37. The number of ether oxygens (including phenoxy) is 4. The van der Waals surface area contributed by atoms with Crippen LogP contribution in [0.4, 0.5) is 0 Å². The van der Waals surface area contributed by atoms with Crippen molar-refractivity contribution in [2.24, 2.45) is 5.92 Å². The molecule has 0 spiro atoms. The highest BCUT2D eigenvalue weighted by Gasteiger charge is 2.36. The lowest BCUT2D eigenvalue weighted by Crippen LogP contribution is -2.34. The molecule has 7 heteroatoms. The molecule has 1 aliphatic rings. The van der Waals surface area contributed by atoms with Crippen molar-refractivity contribution in [2.45, 2.75) is 6.92 Å². The topological polar surface area (TPSA) is 88.1 Å². The van der Waals surface area contributed by atoms with E-state index in [1.54, 1.807) is 12.1 Å². The highest BCUT2D eigenvalue weighted by Crippen LogP contribution is 2.38. The maximum Gasteiger partial charge on any atom is 0.329 e. The first-order chi connectivity index (χ1) is 11.9. The van der Waals surface area contributed by atoms with Gasteiger partial charge in [-0.25, -0.2) is 0 Å². The predicted octanol–water partition coefficient (Wildman–Crippen LogP) is 1.94. The Morgan fingerprint density at radius 1 is 1.08 bits per heavy atom. The minimum atomic E-state index is -1.47. The molecule has 0 aromatic heterocycles. The molecule has 25 heavy (non-hydrogen) atoms. The second-order valence-electron chi connectivity index (χ2n) is 5.21. The van der Waals surface area contributed by atoms with Gasteiger partial charge in [0.2, 0.25) is 5.75 Å². The highest BCUT2D eigenvalue weighted by atomic mass is 16.5. The van der Waals surface area contributed by atoms with Crippen LogP contribution in [0, 0.1) is 5.92 Å². The quantitative estimate of drug-likeness (QED) is 0.442. The molecular formula is C18H18O7. The Kier molecular flexibility index (Phi) is 5.59. The van der Waals surface area contributed by atoms with Crippen LogP contribution in [0.2, 0.25) is 0 Å². The van der Waals surface area contributed by atoms with E-state index in [9.17, 15) is 14.4 Å². The largest absolute Gasteiger partial charge is 0.493 e. The fourth-order valence-corrected chi connectivity index (χ4v) is 2.38. The Labute approximate surface area is 144 Å². The number of esters is 1. The number of carbonyl (C=O) groups is 3. The summed E-state index contributed by atoms with van der Waals surface area (Å²) in [5.41, 5.74) is 0.575. The lowest BCUT2D eigenvalue weighted by molar-refractivity contribution is -0.151. The molecule has 1 atom stereocenters. The lowest BCUT2D eigenvalue weighted by atomic mass is 9.96. The van der Waals surface area contributed by atoms with Crippen molar-refractivity contribution < 1.29 is 33.3 Å². The van der Waals surface area contributed by atoms with Crippen molar-refractivity contribution in [1.82, 2.24) is 0 Å². The van der Waals surface area contributed by atoms with E-state index in [1.165, 1.54) is 34.3 Å². The molecule has 0 aliphatic carbocycles. The minimum Gasteiger partial charge on any atom is -0.493 e. The van der Waals surface area contributed by atoms with Crippen LogP contribution in [-0.4, -0.2) is 38.9 Å². The summed E-state index contributed by atoms with van der Waals surface area (Å²) in [6, 6.07) is 3.27. The van der Waals surface area contributed by atoms with E-state index < -0.39 is 23.5 Å². The van der Waals surface area contributed by atoms with Crippen molar-refractivity contribution in [1.29, 1.82) is 0 Å². The van der Waals surface area contributed by atoms with Gasteiger partial charge in [0.1, 0.15) is 5.76 Å². The normalized spacial score (nSPS) is 17.1. The Hall–Kier alpha value is -3.09. The Balaban J connectivity index is 2.28. The van der Waals surface area contributed by atoms with Gasteiger partial charge in [0.05, 0.1) is 21.3 Å². The third-order valence-corrected chi connectivity index (χ3v) is 3.54. The molecule has 0 saturated carbocycles. The third kappa shape index (κ3) is 3.88. The Morgan fingerprint density at radius 3 is 2.16 bits per heavy atom. The average Bonchev–Trinajstić information content (AvgIpc) is 2.57. The maximum atomic E-state index is 12.2. The van der Waals surface area contributed by atoms with E-state index >= 15 is 0 Å². The smallest absolute Gasteiger partial charge is 0.329 e. The standard InChI is InChI=1S/C18H18O7/c1-10-7-13(20)16(18(21)25-10)12(19)6-5-11-8-14(22-2)17(24-4)15(9-11)23-3/h5-9,16H,1-4H3/b6-5+. The number of carbonyl (C=O) groups excluding carboxylic acids is 3. The van der Waals surface area contributed by atoms with Gasteiger partial charge in [-0.2, -0.15) is 0 Å². The number of hydrogen-bond donors (Lipinski definition) is 0. The molecule has 0 N–H and O–H groups in total. The van der Waals surface area contributed by atoms with Crippen molar-refractivity contribution >= 4 is 23.6 Å². The second-order valence-corrected chi connectivity index (χ2v) is 5.21. The molecule has 132 valence electrons. The summed E-state index contributed by atoms with van der Waals surface area (Å²) in [5.74, 6) is -2.17. The predicted molar refractivity (Wildman–Crippen MR) is 88.5 cm³/mol. The Bertz CT molecular complexity index is 749. The summed E-state index contributed by atoms with van der Waals surface area (Å²) in [7, 11) is 4.43. The van der Waals surface area contributed by atoms with Gasteiger partial charge in [0.15, 0.2) is 29.0 Å². The van der Waals surface area contributed by atoms with Gasteiger partial charge in [-0.05, 0) is 30.7 Å². The molecule has 0 radical (unpaired) electrons. The van der Waals surface area contributed by atoms with Crippen LogP contribution in [-0.2, 0) is 19.1 Å². The van der Waals surface area contributed by atoms with Crippen LogP contribution >= 0.6 is 0 Å². The van der Waals surface area contributed by atoms with Crippen LogP contribution < -0.4 is 14.2 Å². The molecule has 1 aromatic rings. The monoisotopic (exact) mass is 346 g/mol. The van der Waals surface area contributed by atoms with E-state index in [0.717, 1.165) is 12.2 Å². The number of allylic oxidation sites excluding steroid dienone is 3. The molecule has 7 nitrogen and oxygen atoms in total. The van der Waals surface area contributed by atoms with E-state index in [-0.39, 0.29) is 5.76 Å². The van der Waals surface area contributed by atoms with Crippen LogP contribution in [0.5, 0.6) is 17.2 Å². The van der Waals surface area contributed by atoms with Gasteiger partial charge in [-0.3, -0.25) is 14.4 Å². The van der Waals surface area contributed by atoms with E-state index in [4.69, 9.17) is 18.9 Å². The molecular weight excluding hydrogens is 328 g/mol. The average molecular weight is 346 g/mol. The number of hydrogen-bond acceptors (Lipinski definition) is 7. The summed E-state index contributed by atoms with van der Waals surface area (Å²) < 4.78 is 20.5. The fourth-order valence-electron chi connectivity index (χ4n) is 2.38. The summed E-state index contributed by atoms with van der Waals surface area (Å²) in [4.78, 5) is 35.8. The molecule has 0 bridgehead atoms. The second kappa shape index (κ2) is 7.65. The zero-order valence-electron chi connectivity index (χ0n) is 14.3. The van der Waals surface area contributed by atoms with Gasteiger partial charge >= 0.3 is 5.97 Å². The first kappa shape index (κ1) is 18.3. The Morgan fingerprint density at radius 2 is 1.68 bits per heavy atom. The van der Waals surface area contributed by atoms with E-state index in [0.29, 0.717) is 22.8 Å². The summed E-state index contributed by atoms with van der Waals surface area (Å²) in [5, 5.41) is 0. The molecule has 0 amide bonds. The summed E-state index contributed by atoms with van der Waals surface area (Å²) in [6.45, 7) is 1.47. The maximum absolute atomic E-state index is 12.2. The molecule has 0 fully saturated rings. The molecule has 1 heterocycles. The SMILES string of the molecule is COc1cc(/C=C/C(=O)C2C(=O)C=C(C)OC2=O)cc(OC)c1OC. The minimum absolute atomic E-state index is 0.174. The lowest BCUT2D eigenvalue weighted by Gasteiger charge is -2.16. The van der Waals surface area contributed by atoms with Crippen molar-refractivity contribution in [2.75, 3.05) is 21.3 Å². The van der Waals surface area contributed by atoms with Crippen molar-refractivity contribution in [3.8, 4) is 17.2 Å². The van der Waals surface area contributed by atoms with Crippen LogP contribution in [0.15, 0.2) is 30.0 Å². The molecule has 2 rings (SSSR count). The first-order valence-corrected chi connectivity index (χ1v) is 7.37. The van der Waals surface area contributed by atoms with Crippen LogP contribution in [0.25, 0.3) is 6.08 Å².